The number of rotatable bonds is 6. The lowest BCUT2D eigenvalue weighted by atomic mass is 9.98. The molecular weight excluding hydrogens is 255 g/mol. The summed E-state index contributed by atoms with van der Waals surface area (Å²) in [6.45, 7) is 1.93. The highest BCUT2D eigenvalue weighted by atomic mass is 19.1. The number of aliphatic hydroxyl groups excluding tert-OH is 1. The predicted molar refractivity (Wildman–Crippen MR) is 63.9 cm³/mol. The number of carboxylic acid groups (broad SMARTS) is 1. The molecule has 6 heteroatoms. The molecule has 0 saturated heterocycles. The van der Waals surface area contributed by atoms with Crippen LogP contribution in [0.1, 0.15) is 30.6 Å². The Bertz CT molecular complexity index is 472. The lowest BCUT2D eigenvalue weighted by Gasteiger charge is -2.12. The normalized spacial score (nSPS) is 11.9. The summed E-state index contributed by atoms with van der Waals surface area (Å²) >= 11 is 0. The second-order valence-electron chi connectivity index (χ2n) is 3.89. The summed E-state index contributed by atoms with van der Waals surface area (Å²) in [6, 6.07) is 3.47. The van der Waals surface area contributed by atoms with E-state index in [0.717, 1.165) is 12.1 Å². The van der Waals surface area contributed by atoms with Crippen LogP contribution >= 0.6 is 0 Å². The average molecular weight is 270 g/mol. The van der Waals surface area contributed by atoms with E-state index in [1.807, 2.05) is 0 Å². The maximum absolute atomic E-state index is 13.1. The first-order chi connectivity index (χ1) is 8.95. The van der Waals surface area contributed by atoms with Gasteiger partial charge in [-0.15, -0.1) is 0 Å². The van der Waals surface area contributed by atoms with Gasteiger partial charge in [0.25, 0.3) is 0 Å². The Morgan fingerprint density at radius 3 is 2.68 bits per heavy atom. The predicted octanol–water partition coefficient (Wildman–Crippen LogP) is 1.44. The number of aryl methyl sites for hydroxylation is 1. The number of aliphatic hydroxyl groups is 1. The van der Waals surface area contributed by atoms with Crippen LogP contribution < -0.4 is 0 Å². The molecule has 1 unspecified atom stereocenters. The Morgan fingerprint density at radius 2 is 2.11 bits per heavy atom. The topological polar surface area (TPSA) is 83.8 Å². The van der Waals surface area contributed by atoms with Gasteiger partial charge in [-0.05, 0) is 36.6 Å². The first-order valence-electron chi connectivity index (χ1n) is 5.80. The van der Waals surface area contributed by atoms with Crippen molar-refractivity contribution in [3.63, 3.8) is 0 Å². The van der Waals surface area contributed by atoms with Crippen molar-refractivity contribution in [2.75, 3.05) is 6.61 Å². The van der Waals surface area contributed by atoms with Gasteiger partial charge in [0.15, 0.2) is 6.10 Å². The number of hydrogen-bond donors (Lipinski definition) is 2. The third-order valence-corrected chi connectivity index (χ3v) is 2.54. The summed E-state index contributed by atoms with van der Waals surface area (Å²) in [7, 11) is 0. The van der Waals surface area contributed by atoms with Gasteiger partial charge in [-0.2, -0.15) is 0 Å². The maximum atomic E-state index is 13.1. The molecule has 1 aromatic rings. The van der Waals surface area contributed by atoms with Gasteiger partial charge in [0.1, 0.15) is 5.82 Å². The van der Waals surface area contributed by atoms with Crippen molar-refractivity contribution in [3.05, 3.63) is 35.1 Å². The van der Waals surface area contributed by atoms with E-state index in [0.29, 0.717) is 5.56 Å². The van der Waals surface area contributed by atoms with Crippen LogP contribution in [0.4, 0.5) is 4.39 Å². The van der Waals surface area contributed by atoms with E-state index < -0.39 is 23.9 Å². The van der Waals surface area contributed by atoms with Gasteiger partial charge in [0, 0.05) is 6.42 Å². The molecule has 0 aliphatic rings. The zero-order valence-electron chi connectivity index (χ0n) is 10.4. The minimum atomic E-state index is -1.81. The van der Waals surface area contributed by atoms with Crippen LogP contribution in [0.3, 0.4) is 0 Å². The monoisotopic (exact) mass is 270 g/mol. The lowest BCUT2D eigenvalue weighted by molar-refractivity contribution is -0.147. The quantitative estimate of drug-likeness (QED) is 0.764. The number of hydrogen-bond acceptors (Lipinski definition) is 4. The number of carbonyl (C=O) groups is 2. The molecule has 0 aromatic heterocycles. The van der Waals surface area contributed by atoms with Crippen molar-refractivity contribution < 1.29 is 28.9 Å². The van der Waals surface area contributed by atoms with Crippen LogP contribution in [0, 0.1) is 5.82 Å². The Labute approximate surface area is 109 Å². The molecular formula is C13H15FO5. The molecule has 19 heavy (non-hydrogen) atoms. The summed E-state index contributed by atoms with van der Waals surface area (Å²) in [5, 5.41) is 18.2. The molecule has 0 aliphatic heterocycles. The highest BCUT2D eigenvalue weighted by Gasteiger charge is 2.20. The van der Waals surface area contributed by atoms with Crippen molar-refractivity contribution in [3.8, 4) is 0 Å². The average Bonchev–Trinajstić information content (AvgIpc) is 2.36. The molecule has 0 amide bonds. The van der Waals surface area contributed by atoms with Crippen LogP contribution in [-0.4, -0.2) is 28.8 Å². The molecule has 0 radical (unpaired) electrons. The van der Waals surface area contributed by atoms with E-state index in [9.17, 15) is 19.1 Å². The summed E-state index contributed by atoms with van der Waals surface area (Å²) in [5.74, 6) is -2.54. The molecule has 1 aromatic carbocycles. The fourth-order valence-electron chi connectivity index (χ4n) is 1.65. The number of benzene rings is 1. The zero-order valence-corrected chi connectivity index (χ0v) is 10.4. The molecule has 0 spiro atoms. The molecule has 1 atom stereocenters. The summed E-state index contributed by atoms with van der Waals surface area (Å²) in [6.07, 6.45) is -1.59. The van der Waals surface area contributed by atoms with E-state index in [1.54, 1.807) is 6.92 Å². The van der Waals surface area contributed by atoms with E-state index in [2.05, 4.69) is 0 Å². The molecule has 1 rings (SSSR count). The SMILES string of the molecule is CCOC(=O)CCc1ccc(F)cc1C(O)C(=O)O. The molecule has 0 fully saturated rings. The van der Waals surface area contributed by atoms with E-state index >= 15 is 0 Å². The van der Waals surface area contributed by atoms with Crippen LogP contribution in [0.15, 0.2) is 18.2 Å². The van der Waals surface area contributed by atoms with Gasteiger partial charge >= 0.3 is 11.9 Å². The number of aliphatic carboxylic acids is 1. The number of carboxylic acids is 1. The van der Waals surface area contributed by atoms with Crippen molar-refractivity contribution in [2.24, 2.45) is 0 Å². The second kappa shape index (κ2) is 6.84. The van der Waals surface area contributed by atoms with Crippen molar-refractivity contribution in [1.82, 2.24) is 0 Å². The van der Waals surface area contributed by atoms with E-state index in [1.165, 1.54) is 6.07 Å². The smallest absolute Gasteiger partial charge is 0.337 e. The molecule has 5 nitrogen and oxygen atoms in total. The highest BCUT2D eigenvalue weighted by molar-refractivity contribution is 5.75. The Morgan fingerprint density at radius 1 is 1.42 bits per heavy atom. The highest BCUT2D eigenvalue weighted by Crippen LogP contribution is 2.21. The minimum Gasteiger partial charge on any atom is -0.479 e. The lowest BCUT2D eigenvalue weighted by Crippen LogP contribution is -2.14. The van der Waals surface area contributed by atoms with Gasteiger partial charge in [-0.25, -0.2) is 9.18 Å². The van der Waals surface area contributed by atoms with Gasteiger partial charge in [0.2, 0.25) is 0 Å². The van der Waals surface area contributed by atoms with Gasteiger partial charge in [-0.3, -0.25) is 4.79 Å². The maximum Gasteiger partial charge on any atom is 0.337 e. The Hall–Kier alpha value is -1.95. The third-order valence-electron chi connectivity index (χ3n) is 2.54. The van der Waals surface area contributed by atoms with Crippen LogP contribution in [0.5, 0.6) is 0 Å². The summed E-state index contributed by atoms with van der Waals surface area (Å²) < 4.78 is 17.8. The molecule has 2 N–H and O–H groups in total. The third kappa shape index (κ3) is 4.33. The number of esters is 1. The molecule has 104 valence electrons. The first-order valence-corrected chi connectivity index (χ1v) is 5.80. The fraction of sp³-hybridized carbons (Fsp3) is 0.385. The van der Waals surface area contributed by atoms with Gasteiger partial charge in [-0.1, -0.05) is 6.07 Å². The molecule has 0 bridgehead atoms. The molecule has 0 heterocycles. The second-order valence-corrected chi connectivity index (χ2v) is 3.89. The zero-order chi connectivity index (χ0) is 14.4. The van der Waals surface area contributed by atoms with Gasteiger partial charge < -0.3 is 14.9 Å². The Balaban J connectivity index is 2.88. The summed E-state index contributed by atoms with van der Waals surface area (Å²) in [4.78, 5) is 22.0. The van der Waals surface area contributed by atoms with E-state index in [-0.39, 0.29) is 25.0 Å². The van der Waals surface area contributed by atoms with Crippen molar-refractivity contribution in [1.29, 1.82) is 0 Å². The number of carbonyl (C=O) groups excluding carboxylic acids is 1. The summed E-state index contributed by atoms with van der Waals surface area (Å²) in [5.41, 5.74) is 0.362. The van der Waals surface area contributed by atoms with Crippen LogP contribution in [0.2, 0.25) is 0 Å². The first kappa shape index (κ1) is 15.1. The van der Waals surface area contributed by atoms with Gasteiger partial charge in [0.05, 0.1) is 6.61 Å². The van der Waals surface area contributed by atoms with Crippen LogP contribution in [0.25, 0.3) is 0 Å². The minimum absolute atomic E-state index is 0.0405. The number of ether oxygens (including phenoxy) is 1. The van der Waals surface area contributed by atoms with Crippen LogP contribution in [-0.2, 0) is 20.7 Å². The fourth-order valence-corrected chi connectivity index (χ4v) is 1.65. The Kier molecular flexibility index (Phi) is 5.44. The van der Waals surface area contributed by atoms with E-state index in [4.69, 9.17) is 9.84 Å². The largest absolute Gasteiger partial charge is 0.479 e. The number of halogens is 1. The van der Waals surface area contributed by atoms with Crippen molar-refractivity contribution >= 4 is 11.9 Å². The van der Waals surface area contributed by atoms with Crippen molar-refractivity contribution in [2.45, 2.75) is 25.9 Å². The standard InChI is InChI=1S/C13H15FO5/c1-2-19-11(15)6-4-8-3-5-9(14)7-10(8)12(16)13(17)18/h3,5,7,12,16H,2,4,6H2,1H3,(H,17,18). The molecule has 0 aliphatic carbocycles. The molecule has 0 saturated carbocycles.